The van der Waals surface area contributed by atoms with Gasteiger partial charge in [-0.15, -0.1) is 0 Å². The van der Waals surface area contributed by atoms with Gasteiger partial charge >= 0.3 is 0 Å². The third-order valence-corrected chi connectivity index (χ3v) is 5.64. The zero-order valence-electron chi connectivity index (χ0n) is 18.9. The lowest BCUT2D eigenvalue weighted by Gasteiger charge is -2.25. The van der Waals surface area contributed by atoms with E-state index >= 15 is 0 Å². The second-order valence-corrected chi connectivity index (χ2v) is 7.99. The van der Waals surface area contributed by atoms with Gasteiger partial charge in [-0.2, -0.15) is 0 Å². The maximum absolute atomic E-state index is 13.3. The Hall–Kier alpha value is -3.80. The Morgan fingerprint density at radius 2 is 1.67 bits per heavy atom. The van der Waals surface area contributed by atoms with Crippen molar-refractivity contribution in [2.75, 3.05) is 20.8 Å². The van der Waals surface area contributed by atoms with Gasteiger partial charge in [-0.3, -0.25) is 4.79 Å². The highest BCUT2D eigenvalue weighted by Crippen LogP contribution is 2.22. The molecule has 0 saturated heterocycles. The summed E-state index contributed by atoms with van der Waals surface area (Å²) < 4.78 is 10.6. The predicted octanol–water partition coefficient (Wildman–Crippen LogP) is 4.47. The Labute approximate surface area is 194 Å². The number of hydrogen-bond donors (Lipinski definition) is 0. The van der Waals surface area contributed by atoms with Crippen molar-refractivity contribution in [2.45, 2.75) is 25.5 Å². The van der Waals surface area contributed by atoms with Crippen molar-refractivity contribution in [3.8, 4) is 11.5 Å². The number of carbonyl (C=O) groups is 1. The second kappa shape index (κ2) is 10.7. The van der Waals surface area contributed by atoms with Gasteiger partial charge in [0, 0.05) is 13.0 Å². The molecule has 0 fully saturated rings. The molecule has 3 aromatic carbocycles. The molecule has 1 atom stereocenters. The topological polar surface area (TPSA) is 60.4 Å². The molecular formula is C27H28N2O4. The van der Waals surface area contributed by atoms with Crippen LogP contribution in [0.5, 0.6) is 11.5 Å². The molecule has 0 spiro atoms. The fraction of sp³-hybridized carbons (Fsp3) is 0.259. The number of carbonyl (C=O) groups excluding carboxylic acids is 1. The number of ether oxygens (including phenoxy) is 2. The molecule has 0 N–H and O–H groups in total. The van der Waals surface area contributed by atoms with Gasteiger partial charge in [0.1, 0.15) is 11.5 Å². The monoisotopic (exact) mass is 444 g/mol. The molecule has 0 radical (unpaired) electrons. The molecule has 3 aromatic rings. The van der Waals surface area contributed by atoms with Gasteiger partial charge in [-0.05, 0) is 53.1 Å². The molecule has 6 nitrogen and oxygen atoms in total. The van der Waals surface area contributed by atoms with Crippen LogP contribution < -0.4 is 9.47 Å². The van der Waals surface area contributed by atoms with E-state index in [9.17, 15) is 4.79 Å². The van der Waals surface area contributed by atoms with Gasteiger partial charge in [0.15, 0.2) is 6.10 Å². The highest BCUT2D eigenvalue weighted by Gasteiger charge is 2.27. The summed E-state index contributed by atoms with van der Waals surface area (Å²) in [5.41, 5.74) is 3.86. The van der Waals surface area contributed by atoms with E-state index in [1.54, 1.807) is 14.2 Å². The fourth-order valence-corrected chi connectivity index (χ4v) is 3.85. The summed E-state index contributed by atoms with van der Waals surface area (Å²) in [4.78, 5) is 20.8. The molecule has 33 heavy (non-hydrogen) atoms. The van der Waals surface area contributed by atoms with Gasteiger partial charge in [0.2, 0.25) is 5.91 Å². The molecule has 0 aromatic heterocycles. The smallest absolute Gasteiger partial charge is 0.227 e. The van der Waals surface area contributed by atoms with Crippen molar-refractivity contribution < 1.29 is 19.1 Å². The zero-order valence-corrected chi connectivity index (χ0v) is 18.9. The molecule has 0 bridgehead atoms. The van der Waals surface area contributed by atoms with Crippen molar-refractivity contribution >= 4 is 11.6 Å². The average Bonchev–Trinajstić information content (AvgIpc) is 3.33. The largest absolute Gasteiger partial charge is 0.497 e. The van der Waals surface area contributed by atoms with E-state index in [1.165, 1.54) is 0 Å². The number of hydrogen-bond acceptors (Lipinski definition) is 5. The third-order valence-electron chi connectivity index (χ3n) is 5.64. The summed E-state index contributed by atoms with van der Waals surface area (Å²) in [7, 11) is 3.28. The average molecular weight is 445 g/mol. The van der Waals surface area contributed by atoms with Crippen LogP contribution in [0.25, 0.3) is 0 Å². The first-order valence-corrected chi connectivity index (χ1v) is 11.0. The van der Waals surface area contributed by atoms with E-state index in [2.05, 4.69) is 5.16 Å². The Kier molecular flexibility index (Phi) is 7.25. The van der Waals surface area contributed by atoms with Gasteiger partial charge in [-0.25, -0.2) is 0 Å². The number of rotatable bonds is 9. The lowest BCUT2D eigenvalue weighted by Crippen LogP contribution is -2.38. The molecule has 1 aliphatic heterocycles. The van der Waals surface area contributed by atoms with Crippen LogP contribution in [0.1, 0.15) is 23.1 Å². The van der Waals surface area contributed by atoms with E-state index in [0.29, 0.717) is 25.9 Å². The molecule has 6 heteroatoms. The summed E-state index contributed by atoms with van der Waals surface area (Å²) in [6.45, 7) is 0.923. The maximum Gasteiger partial charge on any atom is 0.227 e. The van der Waals surface area contributed by atoms with E-state index in [0.717, 1.165) is 33.9 Å². The van der Waals surface area contributed by atoms with Crippen LogP contribution in [-0.2, 0) is 22.6 Å². The Balaban J connectivity index is 1.46. The molecule has 4 rings (SSSR count). The van der Waals surface area contributed by atoms with Gasteiger partial charge in [0.25, 0.3) is 0 Å². The number of oxime groups is 1. The normalized spacial score (nSPS) is 14.8. The lowest BCUT2D eigenvalue weighted by molar-refractivity contribution is -0.132. The summed E-state index contributed by atoms with van der Waals surface area (Å²) in [5, 5.41) is 4.29. The highest BCUT2D eigenvalue weighted by atomic mass is 16.6. The van der Waals surface area contributed by atoms with Crippen LogP contribution >= 0.6 is 0 Å². The quantitative estimate of drug-likeness (QED) is 0.489. The number of benzene rings is 3. The van der Waals surface area contributed by atoms with Gasteiger partial charge < -0.3 is 19.2 Å². The molecule has 0 saturated carbocycles. The standard InChI is InChI=1S/C27H28N2O4/c1-31-23-13-11-22(12-14-23)26-17-25(33-28-26)19-29(18-21-9-6-10-24(15-21)32-2)27(30)16-20-7-4-3-5-8-20/h3-15,25H,16-19H2,1-2H3/t25-/m0/s1. The minimum atomic E-state index is -0.201. The van der Waals surface area contributed by atoms with Gasteiger partial charge in [0.05, 0.1) is 32.9 Å². The van der Waals surface area contributed by atoms with Crippen LogP contribution in [-0.4, -0.2) is 43.4 Å². The number of methoxy groups -OCH3 is 2. The molecule has 1 aliphatic rings. The summed E-state index contributed by atoms with van der Waals surface area (Å²) in [6, 6.07) is 25.3. The van der Waals surface area contributed by atoms with Crippen LogP contribution in [0, 0.1) is 0 Å². The highest BCUT2D eigenvalue weighted by molar-refractivity contribution is 6.01. The van der Waals surface area contributed by atoms with Crippen molar-refractivity contribution in [1.29, 1.82) is 0 Å². The first kappa shape index (κ1) is 22.4. The molecule has 0 aliphatic carbocycles. The van der Waals surface area contributed by atoms with Crippen LogP contribution in [0.15, 0.2) is 84.0 Å². The number of amides is 1. The maximum atomic E-state index is 13.3. The molecule has 1 amide bonds. The second-order valence-electron chi connectivity index (χ2n) is 7.99. The first-order chi connectivity index (χ1) is 16.1. The molecular weight excluding hydrogens is 416 g/mol. The van der Waals surface area contributed by atoms with Crippen LogP contribution in [0.3, 0.4) is 0 Å². The first-order valence-electron chi connectivity index (χ1n) is 11.0. The van der Waals surface area contributed by atoms with Crippen LogP contribution in [0.4, 0.5) is 0 Å². The van der Waals surface area contributed by atoms with Crippen molar-refractivity contribution in [2.24, 2.45) is 5.16 Å². The Morgan fingerprint density at radius 1 is 0.939 bits per heavy atom. The SMILES string of the molecule is COc1ccc(C2=NO[C@H](CN(Cc3cccc(OC)c3)C(=O)Cc3ccccc3)C2)cc1. The van der Waals surface area contributed by atoms with E-state index in [1.807, 2.05) is 83.8 Å². The van der Waals surface area contributed by atoms with E-state index in [-0.39, 0.29) is 12.0 Å². The minimum Gasteiger partial charge on any atom is -0.497 e. The van der Waals surface area contributed by atoms with Crippen LogP contribution in [0.2, 0.25) is 0 Å². The summed E-state index contributed by atoms with van der Waals surface area (Å²) in [5.74, 6) is 1.61. The van der Waals surface area contributed by atoms with Crippen molar-refractivity contribution in [3.05, 3.63) is 95.6 Å². The molecule has 1 heterocycles. The van der Waals surface area contributed by atoms with Crippen molar-refractivity contribution in [1.82, 2.24) is 4.90 Å². The molecule has 0 unspecified atom stereocenters. The van der Waals surface area contributed by atoms with Gasteiger partial charge in [-0.1, -0.05) is 47.6 Å². The Bertz CT molecular complexity index is 1100. The fourth-order valence-electron chi connectivity index (χ4n) is 3.85. The zero-order chi connectivity index (χ0) is 23.0. The lowest BCUT2D eigenvalue weighted by atomic mass is 10.0. The minimum absolute atomic E-state index is 0.0468. The van der Waals surface area contributed by atoms with Crippen molar-refractivity contribution in [3.63, 3.8) is 0 Å². The predicted molar refractivity (Wildman–Crippen MR) is 128 cm³/mol. The number of nitrogens with zero attached hydrogens (tertiary/aromatic N) is 2. The Morgan fingerprint density at radius 3 is 2.39 bits per heavy atom. The molecule has 170 valence electrons. The van der Waals surface area contributed by atoms with E-state index < -0.39 is 0 Å². The summed E-state index contributed by atoms with van der Waals surface area (Å²) >= 11 is 0. The summed E-state index contributed by atoms with van der Waals surface area (Å²) in [6.07, 6.45) is 0.774. The van der Waals surface area contributed by atoms with E-state index in [4.69, 9.17) is 14.3 Å². The third kappa shape index (κ3) is 5.92.